The van der Waals surface area contributed by atoms with Crippen LogP contribution in [0.3, 0.4) is 0 Å². The third-order valence-electron chi connectivity index (χ3n) is 3.30. The standard InChI is InChI=1S/C14H15ClN4O3/c1-2-19-8-17-18-12(19)7-16-14(20)9-5-10(15)13-11(6-9)21-3-4-22-13/h5-6,8H,2-4,7H2,1H3,(H,16,20). The molecular formula is C14H15ClN4O3. The highest BCUT2D eigenvalue weighted by atomic mass is 35.5. The van der Waals surface area contributed by atoms with Gasteiger partial charge in [-0.2, -0.15) is 0 Å². The van der Waals surface area contributed by atoms with Crippen molar-refractivity contribution < 1.29 is 14.3 Å². The smallest absolute Gasteiger partial charge is 0.251 e. The van der Waals surface area contributed by atoms with E-state index in [1.54, 1.807) is 18.5 Å². The number of aryl methyl sites for hydroxylation is 1. The first-order valence-corrected chi connectivity index (χ1v) is 7.31. The highest BCUT2D eigenvalue weighted by Crippen LogP contribution is 2.38. The van der Waals surface area contributed by atoms with Crippen molar-refractivity contribution in [3.8, 4) is 11.5 Å². The molecule has 8 heteroatoms. The summed E-state index contributed by atoms with van der Waals surface area (Å²) in [4.78, 5) is 12.3. The molecule has 0 bridgehead atoms. The number of hydrogen-bond acceptors (Lipinski definition) is 5. The van der Waals surface area contributed by atoms with Crippen LogP contribution in [0, 0.1) is 0 Å². The van der Waals surface area contributed by atoms with Gasteiger partial charge in [0.1, 0.15) is 19.5 Å². The van der Waals surface area contributed by atoms with Crippen molar-refractivity contribution in [3.05, 3.63) is 34.9 Å². The lowest BCUT2D eigenvalue weighted by molar-refractivity contribution is 0.0948. The summed E-state index contributed by atoms with van der Waals surface area (Å²) >= 11 is 6.13. The van der Waals surface area contributed by atoms with E-state index in [0.717, 1.165) is 6.54 Å². The summed E-state index contributed by atoms with van der Waals surface area (Å²) in [6.45, 7) is 3.90. The fourth-order valence-corrected chi connectivity index (χ4v) is 2.45. The second-order valence-electron chi connectivity index (χ2n) is 4.70. The lowest BCUT2D eigenvalue weighted by Gasteiger charge is -2.20. The molecule has 1 aliphatic rings. The molecule has 1 aromatic carbocycles. The lowest BCUT2D eigenvalue weighted by atomic mass is 10.1. The van der Waals surface area contributed by atoms with Gasteiger partial charge in [-0.25, -0.2) is 0 Å². The molecule has 2 aromatic rings. The average molecular weight is 323 g/mol. The molecule has 0 fully saturated rings. The quantitative estimate of drug-likeness (QED) is 0.926. The minimum Gasteiger partial charge on any atom is -0.486 e. The number of nitrogens with one attached hydrogen (secondary N) is 1. The van der Waals surface area contributed by atoms with E-state index in [-0.39, 0.29) is 5.91 Å². The van der Waals surface area contributed by atoms with Crippen molar-refractivity contribution in [1.82, 2.24) is 20.1 Å². The number of halogens is 1. The minimum absolute atomic E-state index is 0.260. The van der Waals surface area contributed by atoms with Crippen LogP contribution in [-0.4, -0.2) is 33.9 Å². The van der Waals surface area contributed by atoms with Gasteiger partial charge in [-0.05, 0) is 19.1 Å². The maximum atomic E-state index is 12.3. The number of carbonyl (C=O) groups excluding carboxylic acids is 1. The van der Waals surface area contributed by atoms with Crippen LogP contribution in [0.25, 0.3) is 0 Å². The van der Waals surface area contributed by atoms with Gasteiger partial charge in [-0.3, -0.25) is 4.79 Å². The average Bonchev–Trinajstić information content (AvgIpc) is 3.00. The van der Waals surface area contributed by atoms with Crippen LogP contribution < -0.4 is 14.8 Å². The molecule has 1 aliphatic heterocycles. The molecule has 116 valence electrons. The molecule has 0 saturated heterocycles. The summed E-state index contributed by atoms with van der Waals surface area (Å²) in [5, 5.41) is 10.9. The third kappa shape index (κ3) is 2.85. The van der Waals surface area contributed by atoms with E-state index in [1.807, 2.05) is 11.5 Å². The molecule has 0 aliphatic carbocycles. The van der Waals surface area contributed by atoms with Crippen LogP contribution >= 0.6 is 11.6 Å². The van der Waals surface area contributed by atoms with Crippen LogP contribution in [0.2, 0.25) is 5.02 Å². The number of hydrogen-bond donors (Lipinski definition) is 1. The van der Waals surface area contributed by atoms with Crippen LogP contribution in [0.4, 0.5) is 0 Å². The zero-order chi connectivity index (χ0) is 15.5. The van der Waals surface area contributed by atoms with Crippen LogP contribution in [0.15, 0.2) is 18.5 Å². The van der Waals surface area contributed by atoms with E-state index >= 15 is 0 Å². The summed E-state index contributed by atoms with van der Waals surface area (Å²) in [5.41, 5.74) is 0.414. The molecule has 1 amide bonds. The number of nitrogens with zero attached hydrogens (tertiary/aromatic N) is 3. The van der Waals surface area contributed by atoms with Gasteiger partial charge in [0.05, 0.1) is 11.6 Å². The SMILES string of the molecule is CCn1cnnc1CNC(=O)c1cc(Cl)c2c(c1)OCCO2. The summed E-state index contributed by atoms with van der Waals surface area (Å²) in [5.74, 6) is 1.40. The Balaban J connectivity index is 1.74. The Morgan fingerprint density at radius 3 is 3.05 bits per heavy atom. The number of benzene rings is 1. The van der Waals surface area contributed by atoms with Crippen molar-refractivity contribution in [2.75, 3.05) is 13.2 Å². The molecule has 1 N–H and O–H groups in total. The minimum atomic E-state index is -0.260. The van der Waals surface area contributed by atoms with Crippen molar-refractivity contribution in [3.63, 3.8) is 0 Å². The van der Waals surface area contributed by atoms with Crippen molar-refractivity contribution in [2.45, 2.75) is 20.0 Å². The van der Waals surface area contributed by atoms with E-state index in [9.17, 15) is 4.79 Å². The molecule has 0 atom stereocenters. The molecule has 2 heterocycles. The van der Waals surface area contributed by atoms with Gasteiger partial charge in [-0.15, -0.1) is 10.2 Å². The number of ether oxygens (including phenoxy) is 2. The largest absolute Gasteiger partial charge is 0.486 e. The zero-order valence-corrected chi connectivity index (χ0v) is 12.8. The highest BCUT2D eigenvalue weighted by molar-refractivity contribution is 6.32. The first kappa shape index (κ1) is 14.6. The summed E-state index contributed by atoms with van der Waals surface area (Å²) in [6, 6.07) is 3.19. The molecule has 0 unspecified atom stereocenters. The Morgan fingerprint density at radius 1 is 1.41 bits per heavy atom. The number of aromatic nitrogens is 3. The number of fused-ring (bicyclic) bond motifs is 1. The summed E-state index contributed by atoms with van der Waals surface area (Å²) in [6.07, 6.45) is 1.63. The Morgan fingerprint density at radius 2 is 2.23 bits per heavy atom. The maximum Gasteiger partial charge on any atom is 0.251 e. The summed E-state index contributed by atoms with van der Waals surface area (Å²) < 4.78 is 12.8. The molecule has 0 spiro atoms. The van der Waals surface area contributed by atoms with E-state index < -0.39 is 0 Å². The van der Waals surface area contributed by atoms with Crippen molar-refractivity contribution >= 4 is 17.5 Å². The van der Waals surface area contributed by atoms with Crippen LogP contribution in [0.1, 0.15) is 23.1 Å². The normalized spacial score (nSPS) is 13.0. The molecule has 7 nitrogen and oxygen atoms in total. The Hall–Kier alpha value is -2.28. The van der Waals surface area contributed by atoms with E-state index in [2.05, 4.69) is 15.5 Å². The van der Waals surface area contributed by atoms with Crippen molar-refractivity contribution in [2.24, 2.45) is 0 Å². The Kier molecular flexibility index (Phi) is 4.15. The van der Waals surface area contributed by atoms with Gasteiger partial charge < -0.3 is 19.4 Å². The molecule has 0 radical (unpaired) electrons. The van der Waals surface area contributed by atoms with E-state index in [4.69, 9.17) is 21.1 Å². The summed E-state index contributed by atoms with van der Waals surface area (Å²) in [7, 11) is 0. The van der Waals surface area contributed by atoms with Gasteiger partial charge in [-0.1, -0.05) is 11.6 Å². The number of amides is 1. The predicted molar refractivity (Wildman–Crippen MR) is 79.3 cm³/mol. The van der Waals surface area contributed by atoms with Gasteiger partial charge in [0.15, 0.2) is 17.3 Å². The zero-order valence-electron chi connectivity index (χ0n) is 12.0. The molecule has 3 rings (SSSR count). The number of carbonyl (C=O) groups is 1. The second-order valence-corrected chi connectivity index (χ2v) is 5.11. The molecule has 0 saturated carbocycles. The highest BCUT2D eigenvalue weighted by Gasteiger charge is 2.19. The first-order chi connectivity index (χ1) is 10.7. The van der Waals surface area contributed by atoms with Crippen LogP contribution in [0.5, 0.6) is 11.5 Å². The predicted octanol–water partition coefficient (Wildman–Crippen LogP) is 1.65. The van der Waals surface area contributed by atoms with Crippen LogP contribution in [-0.2, 0) is 13.1 Å². The monoisotopic (exact) mass is 322 g/mol. The van der Waals surface area contributed by atoms with Gasteiger partial charge in [0.25, 0.3) is 5.91 Å². The van der Waals surface area contributed by atoms with Gasteiger partial charge >= 0.3 is 0 Å². The van der Waals surface area contributed by atoms with Gasteiger partial charge in [0.2, 0.25) is 0 Å². The Labute approximate surface area is 132 Å². The fraction of sp³-hybridized carbons (Fsp3) is 0.357. The lowest BCUT2D eigenvalue weighted by Crippen LogP contribution is -2.25. The van der Waals surface area contributed by atoms with E-state index in [0.29, 0.717) is 47.7 Å². The molecule has 22 heavy (non-hydrogen) atoms. The number of rotatable bonds is 4. The first-order valence-electron chi connectivity index (χ1n) is 6.93. The topological polar surface area (TPSA) is 78.3 Å². The molecule has 1 aromatic heterocycles. The Bertz CT molecular complexity index is 701. The second kappa shape index (κ2) is 6.23. The maximum absolute atomic E-state index is 12.3. The molecular weight excluding hydrogens is 308 g/mol. The third-order valence-corrected chi connectivity index (χ3v) is 3.58. The van der Waals surface area contributed by atoms with Gasteiger partial charge in [0, 0.05) is 12.1 Å². The van der Waals surface area contributed by atoms with Crippen molar-refractivity contribution in [1.29, 1.82) is 0 Å². The van der Waals surface area contributed by atoms with E-state index in [1.165, 1.54) is 0 Å². The fourth-order valence-electron chi connectivity index (χ4n) is 2.18.